The van der Waals surface area contributed by atoms with Crippen molar-refractivity contribution < 1.29 is 9.59 Å². The van der Waals surface area contributed by atoms with Crippen molar-refractivity contribution in [3.8, 4) is 10.6 Å². The van der Waals surface area contributed by atoms with Gasteiger partial charge in [-0.25, -0.2) is 4.98 Å². The number of nitrogens with zero attached hydrogens (tertiary/aromatic N) is 3. The molecule has 0 radical (unpaired) electrons. The molecule has 0 spiro atoms. The number of aromatic nitrogens is 2. The van der Waals surface area contributed by atoms with Gasteiger partial charge in [0.2, 0.25) is 5.91 Å². The van der Waals surface area contributed by atoms with Gasteiger partial charge in [0.05, 0.1) is 16.3 Å². The number of hydrogen-bond acceptors (Lipinski definition) is 5. The number of fused-ring (bicyclic) bond motifs is 1. The minimum absolute atomic E-state index is 0.108. The van der Waals surface area contributed by atoms with Gasteiger partial charge in [-0.2, -0.15) is 0 Å². The highest BCUT2D eigenvalue weighted by molar-refractivity contribution is 7.19. The first-order valence-corrected chi connectivity index (χ1v) is 10.0. The van der Waals surface area contributed by atoms with Gasteiger partial charge in [0, 0.05) is 30.4 Å². The van der Waals surface area contributed by atoms with Crippen LogP contribution in [0.1, 0.15) is 35.0 Å². The minimum atomic E-state index is -0.204. The fraction of sp³-hybridized carbons (Fsp3) is 0.238. The van der Waals surface area contributed by atoms with Gasteiger partial charge in [0.15, 0.2) is 5.13 Å². The van der Waals surface area contributed by atoms with Crippen LogP contribution >= 0.6 is 11.3 Å². The van der Waals surface area contributed by atoms with Crippen molar-refractivity contribution in [2.75, 3.05) is 16.8 Å². The molecule has 1 aromatic carbocycles. The van der Waals surface area contributed by atoms with Crippen molar-refractivity contribution in [1.82, 2.24) is 9.97 Å². The maximum absolute atomic E-state index is 12.7. The van der Waals surface area contributed by atoms with Crippen LogP contribution in [0, 0.1) is 6.92 Å². The van der Waals surface area contributed by atoms with Crippen molar-refractivity contribution >= 4 is 34.0 Å². The Balaban J connectivity index is 1.53. The van der Waals surface area contributed by atoms with Gasteiger partial charge in [-0.15, -0.1) is 0 Å². The van der Waals surface area contributed by atoms with Crippen molar-refractivity contribution in [2.45, 2.75) is 26.7 Å². The first-order chi connectivity index (χ1) is 13.6. The van der Waals surface area contributed by atoms with Crippen molar-refractivity contribution in [3.05, 3.63) is 59.4 Å². The summed E-state index contributed by atoms with van der Waals surface area (Å²) in [6, 6.07) is 11.2. The maximum Gasteiger partial charge on any atom is 0.257 e. The first kappa shape index (κ1) is 18.3. The van der Waals surface area contributed by atoms with Crippen LogP contribution in [0.4, 0.5) is 10.8 Å². The largest absolute Gasteiger partial charge is 0.312 e. The summed E-state index contributed by atoms with van der Waals surface area (Å²) < 4.78 is 0. The average molecular weight is 392 g/mol. The lowest BCUT2D eigenvalue weighted by Crippen LogP contribution is -2.27. The number of pyridine rings is 1. The Hall–Kier alpha value is -3.06. The normalized spacial score (nSPS) is 12.7. The quantitative estimate of drug-likeness (QED) is 0.726. The summed E-state index contributed by atoms with van der Waals surface area (Å²) in [6.07, 6.45) is 2.98. The van der Waals surface area contributed by atoms with Crippen LogP contribution in [0.25, 0.3) is 10.6 Å². The molecule has 0 bridgehead atoms. The second kappa shape index (κ2) is 7.52. The number of carbonyl (C=O) groups excluding carboxylic acids is 2. The molecular weight excluding hydrogens is 372 g/mol. The highest BCUT2D eigenvalue weighted by Crippen LogP contribution is 2.32. The van der Waals surface area contributed by atoms with Gasteiger partial charge in [-0.05, 0) is 49.2 Å². The van der Waals surface area contributed by atoms with E-state index in [2.05, 4.69) is 15.3 Å². The molecule has 0 unspecified atom stereocenters. The van der Waals surface area contributed by atoms with E-state index < -0.39 is 0 Å². The van der Waals surface area contributed by atoms with E-state index in [9.17, 15) is 9.59 Å². The Labute approximate surface area is 167 Å². The lowest BCUT2D eigenvalue weighted by molar-refractivity contribution is -0.118. The third-order valence-electron chi connectivity index (χ3n) is 4.76. The van der Waals surface area contributed by atoms with Crippen LogP contribution in [0.5, 0.6) is 0 Å². The molecule has 0 saturated heterocycles. The molecule has 28 heavy (non-hydrogen) atoms. The molecule has 4 rings (SSSR count). The van der Waals surface area contributed by atoms with Crippen LogP contribution in [-0.4, -0.2) is 28.3 Å². The molecule has 3 heterocycles. The molecule has 3 aromatic rings. The Kier molecular flexibility index (Phi) is 4.92. The fourth-order valence-electron chi connectivity index (χ4n) is 3.35. The molecule has 142 valence electrons. The van der Waals surface area contributed by atoms with Crippen LogP contribution in [0.2, 0.25) is 0 Å². The molecule has 7 heteroatoms. The number of hydrogen-bond donors (Lipinski definition) is 1. The molecule has 0 saturated carbocycles. The SMILES string of the molecule is CCC(=O)N1CCc2cc(C(=O)Nc3nc(C)c(-c4ccccn4)s3)ccc21. The van der Waals surface area contributed by atoms with Crippen molar-refractivity contribution in [3.63, 3.8) is 0 Å². The van der Waals surface area contributed by atoms with E-state index in [0.717, 1.165) is 33.9 Å². The molecule has 2 amide bonds. The Morgan fingerprint density at radius 2 is 2.11 bits per heavy atom. The molecule has 1 aliphatic rings. The van der Waals surface area contributed by atoms with Crippen LogP contribution in [0.3, 0.4) is 0 Å². The van der Waals surface area contributed by atoms with E-state index in [1.165, 1.54) is 11.3 Å². The molecular formula is C21H20N4O2S. The second-order valence-corrected chi connectivity index (χ2v) is 7.59. The molecule has 0 atom stereocenters. The Bertz CT molecular complexity index is 1050. The van der Waals surface area contributed by atoms with Crippen LogP contribution < -0.4 is 10.2 Å². The predicted molar refractivity (Wildman–Crippen MR) is 111 cm³/mol. The van der Waals surface area contributed by atoms with Gasteiger partial charge < -0.3 is 4.90 Å². The summed E-state index contributed by atoms with van der Waals surface area (Å²) in [5.41, 5.74) is 4.18. The summed E-state index contributed by atoms with van der Waals surface area (Å²) >= 11 is 1.41. The molecule has 0 aliphatic carbocycles. The highest BCUT2D eigenvalue weighted by atomic mass is 32.1. The average Bonchev–Trinajstić information content (AvgIpc) is 3.30. The number of amides is 2. The third-order valence-corrected chi connectivity index (χ3v) is 5.85. The summed E-state index contributed by atoms with van der Waals surface area (Å²) in [4.78, 5) is 36.3. The Morgan fingerprint density at radius 3 is 2.86 bits per heavy atom. The first-order valence-electron chi connectivity index (χ1n) is 9.20. The van der Waals surface area contributed by atoms with Gasteiger partial charge in [-0.3, -0.25) is 19.9 Å². The summed E-state index contributed by atoms with van der Waals surface area (Å²) in [5.74, 6) is -0.0966. The van der Waals surface area contributed by atoms with Gasteiger partial charge in [-0.1, -0.05) is 24.3 Å². The zero-order chi connectivity index (χ0) is 19.7. The number of benzene rings is 1. The zero-order valence-electron chi connectivity index (χ0n) is 15.7. The zero-order valence-corrected chi connectivity index (χ0v) is 16.5. The maximum atomic E-state index is 12.7. The summed E-state index contributed by atoms with van der Waals surface area (Å²) in [7, 11) is 0. The number of aryl methyl sites for hydroxylation is 1. The van der Waals surface area contributed by atoms with E-state index >= 15 is 0 Å². The van der Waals surface area contributed by atoms with E-state index in [4.69, 9.17) is 0 Å². The monoisotopic (exact) mass is 392 g/mol. The van der Waals surface area contributed by atoms with E-state index in [1.807, 2.05) is 44.2 Å². The third kappa shape index (κ3) is 3.41. The number of carbonyl (C=O) groups is 2. The lowest BCUT2D eigenvalue weighted by atomic mass is 10.1. The fourth-order valence-corrected chi connectivity index (χ4v) is 4.29. The standard InChI is InChI=1S/C21H20N4O2S/c1-3-18(26)25-11-9-14-12-15(7-8-17(14)25)20(27)24-21-23-13(2)19(28-21)16-6-4-5-10-22-16/h4-8,10,12H,3,9,11H2,1-2H3,(H,23,24,27). The molecule has 0 fully saturated rings. The smallest absolute Gasteiger partial charge is 0.257 e. The van der Waals surface area contributed by atoms with E-state index in [-0.39, 0.29) is 11.8 Å². The minimum Gasteiger partial charge on any atom is -0.312 e. The number of rotatable bonds is 4. The summed E-state index contributed by atoms with van der Waals surface area (Å²) in [5, 5.41) is 3.43. The molecule has 2 aromatic heterocycles. The summed E-state index contributed by atoms with van der Waals surface area (Å²) in [6.45, 7) is 4.44. The topological polar surface area (TPSA) is 75.2 Å². The van der Waals surface area contributed by atoms with Crippen LogP contribution in [-0.2, 0) is 11.2 Å². The molecule has 6 nitrogen and oxygen atoms in total. The predicted octanol–water partition coefficient (Wildman–Crippen LogP) is 4.06. The Morgan fingerprint density at radius 1 is 1.25 bits per heavy atom. The van der Waals surface area contributed by atoms with E-state index in [0.29, 0.717) is 23.7 Å². The lowest BCUT2D eigenvalue weighted by Gasteiger charge is -2.16. The number of thiazole rings is 1. The molecule has 1 N–H and O–H groups in total. The van der Waals surface area contributed by atoms with Gasteiger partial charge >= 0.3 is 0 Å². The van der Waals surface area contributed by atoms with Crippen molar-refractivity contribution in [2.24, 2.45) is 0 Å². The molecule has 1 aliphatic heterocycles. The van der Waals surface area contributed by atoms with E-state index in [1.54, 1.807) is 17.2 Å². The van der Waals surface area contributed by atoms with Gasteiger partial charge in [0.1, 0.15) is 0 Å². The van der Waals surface area contributed by atoms with Crippen LogP contribution in [0.15, 0.2) is 42.6 Å². The highest BCUT2D eigenvalue weighted by Gasteiger charge is 2.24. The second-order valence-electron chi connectivity index (χ2n) is 6.60. The number of anilines is 2. The number of nitrogens with one attached hydrogen (secondary N) is 1. The van der Waals surface area contributed by atoms with Gasteiger partial charge in [0.25, 0.3) is 5.91 Å². The van der Waals surface area contributed by atoms with Crippen molar-refractivity contribution in [1.29, 1.82) is 0 Å².